The van der Waals surface area contributed by atoms with Crippen molar-refractivity contribution < 1.29 is 4.79 Å². The number of hydrogen-bond donors (Lipinski definition) is 0. The maximum Gasteiger partial charge on any atom is 0.162 e. The molecule has 116 valence electrons. The Hall–Kier alpha value is -1.54. The fourth-order valence-electron chi connectivity index (χ4n) is 2.24. The van der Waals surface area contributed by atoms with Crippen LogP contribution in [0.4, 0.5) is 0 Å². The zero-order valence-corrected chi connectivity index (χ0v) is 14.5. The summed E-state index contributed by atoms with van der Waals surface area (Å²) in [6.07, 6.45) is 1.54. The van der Waals surface area contributed by atoms with Gasteiger partial charge in [0.2, 0.25) is 0 Å². The number of Topliss-reactive ketones (excluding diaryl/α,β-unsaturated/α-hetero) is 1. The standard InChI is InChI=1S/C20H24OS/c1-20(2,3)17-13-11-16(12-14-17)19(21)10-7-15-22-18-8-5-4-6-9-18/h4-6,8-9,11-14H,7,10,15H2,1-3H3. The van der Waals surface area contributed by atoms with Gasteiger partial charge in [-0.05, 0) is 35.3 Å². The van der Waals surface area contributed by atoms with Crippen molar-refractivity contribution in [1.29, 1.82) is 0 Å². The van der Waals surface area contributed by atoms with Gasteiger partial charge in [0.1, 0.15) is 0 Å². The SMILES string of the molecule is CC(C)(C)c1ccc(C(=O)CCCSc2ccccc2)cc1. The molecule has 0 heterocycles. The normalized spacial score (nSPS) is 11.4. The lowest BCUT2D eigenvalue weighted by atomic mass is 9.86. The van der Waals surface area contributed by atoms with Crippen LogP contribution in [0.1, 0.15) is 49.5 Å². The van der Waals surface area contributed by atoms with Gasteiger partial charge < -0.3 is 0 Å². The quantitative estimate of drug-likeness (QED) is 0.384. The highest BCUT2D eigenvalue weighted by molar-refractivity contribution is 7.99. The monoisotopic (exact) mass is 312 g/mol. The van der Waals surface area contributed by atoms with Gasteiger partial charge >= 0.3 is 0 Å². The van der Waals surface area contributed by atoms with Gasteiger partial charge in [-0.1, -0.05) is 63.2 Å². The molecule has 0 aliphatic carbocycles. The first kappa shape index (κ1) is 16.8. The maximum absolute atomic E-state index is 12.2. The van der Waals surface area contributed by atoms with E-state index in [2.05, 4.69) is 45.0 Å². The summed E-state index contributed by atoms with van der Waals surface area (Å²) >= 11 is 1.81. The van der Waals surface area contributed by atoms with Crippen molar-refractivity contribution >= 4 is 17.5 Å². The van der Waals surface area contributed by atoms with Crippen LogP contribution in [0.15, 0.2) is 59.5 Å². The Morgan fingerprint density at radius 2 is 1.59 bits per heavy atom. The van der Waals surface area contributed by atoms with Crippen LogP contribution in [0.25, 0.3) is 0 Å². The molecule has 2 aromatic rings. The molecule has 2 heteroatoms. The Kier molecular flexibility index (Phi) is 5.84. The third kappa shape index (κ3) is 5.03. The molecule has 0 aliphatic rings. The molecule has 0 aliphatic heterocycles. The zero-order valence-electron chi connectivity index (χ0n) is 13.6. The van der Waals surface area contributed by atoms with Gasteiger partial charge in [0.15, 0.2) is 5.78 Å². The van der Waals surface area contributed by atoms with Crippen molar-refractivity contribution in [3.8, 4) is 0 Å². The summed E-state index contributed by atoms with van der Waals surface area (Å²) in [5, 5.41) is 0. The molecule has 0 fully saturated rings. The van der Waals surface area contributed by atoms with Crippen LogP contribution in [0.2, 0.25) is 0 Å². The molecule has 0 amide bonds. The maximum atomic E-state index is 12.2. The van der Waals surface area contributed by atoms with Crippen molar-refractivity contribution in [1.82, 2.24) is 0 Å². The predicted molar refractivity (Wildman–Crippen MR) is 95.9 cm³/mol. The molecule has 0 radical (unpaired) electrons. The Balaban J connectivity index is 1.80. The fourth-order valence-corrected chi connectivity index (χ4v) is 3.11. The van der Waals surface area contributed by atoms with E-state index in [1.807, 2.05) is 42.1 Å². The Labute approximate surface area is 138 Å². The number of thioether (sulfide) groups is 1. The van der Waals surface area contributed by atoms with Crippen molar-refractivity contribution in [2.24, 2.45) is 0 Å². The number of carbonyl (C=O) groups excluding carboxylic acids is 1. The summed E-state index contributed by atoms with van der Waals surface area (Å²) in [4.78, 5) is 13.5. The molecule has 0 aromatic heterocycles. The summed E-state index contributed by atoms with van der Waals surface area (Å²) in [6, 6.07) is 18.4. The van der Waals surface area contributed by atoms with Crippen molar-refractivity contribution in [2.45, 2.75) is 43.9 Å². The third-order valence-electron chi connectivity index (χ3n) is 3.63. The average molecular weight is 312 g/mol. The lowest BCUT2D eigenvalue weighted by Gasteiger charge is -2.18. The minimum atomic E-state index is 0.133. The summed E-state index contributed by atoms with van der Waals surface area (Å²) in [6.45, 7) is 6.56. The smallest absolute Gasteiger partial charge is 0.162 e. The Morgan fingerprint density at radius 1 is 0.955 bits per heavy atom. The highest BCUT2D eigenvalue weighted by atomic mass is 32.2. The first-order valence-electron chi connectivity index (χ1n) is 7.78. The number of rotatable bonds is 6. The van der Waals surface area contributed by atoms with Gasteiger partial charge in [0, 0.05) is 16.9 Å². The second-order valence-corrected chi connectivity index (χ2v) is 7.68. The molecule has 1 nitrogen and oxygen atoms in total. The molecule has 0 bridgehead atoms. The van der Waals surface area contributed by atoms with E-state index in [1.165, 1.54) is 10.5 Å². The van der Waals surface area contributed by atoms with E-state index in [4.69, 9.17) is 0 Å². The van der Waals surface area contributed by atoms with E-state index in [0.717, 1.165) is 17.7 Å². The number of hydrogen-bond acceptors (Lipinski definition) is 2. The molecule has 0 atom stereocenters. The molecule has 2 aromatic carbocycles. The van der Waals surface area contributed by atoms with Crippen LogP contribution in [0.5, 0.6) is 0 Å². The van der Waals surface area contributed by atoms with E-state index in [1.54, 1.807) is 0 Å². The van der Waals surface area contributed by atoms with E-state index < -0.39 is 0 Å². The Bertz CT molecular complexity index is 594. The van der Waals surface area contributed by atoms with Crippen molar-refractivity contribution in [3.63, 3.8) is 0 Å². The second-order valence-electron chi connectivity index (χ2n) is 6.52. The van der Waals surface area contributed by atoms with Crippen LogP contribution in [-0.4, -0.2) is 11.5 Å². The van der Waals surface area contributed by atoms with Crippen LogP contribution in [0.3, 0.4) is 0 Å². The van der Waals surface area contributed by atoms with E-state index >= 15 is 0 Å². The average Bonchev–Trinajstić information content (AvgIpc) is 2.52. The third-order valence-corrected chi connectivity index (χ3v) is 4.73. The molecule has 22 heavy (non-hydrogen) atoms. The minimum absolute atomic E-state index is 0.133. The number of ketones is 1. The molecule has 0 unspecified atom stereocenters. The Morgan fingerprint density at radius 3 is 2.18 bits per heavy atom. The summed E-state index contributed by atoms with van der Waals surface area (Å²) in [5.41, 5.74) is 2.23. The van der Waals surface area contributed by atoms with E-state index in [9.17, 15) is 4.79 Å². The predicted octanol–water partition coefficient (Wildman–Crippen LogP) is 5.74. The van der Waals surface area contributed by atoms with Gasteiger partial charge in [-0.3, -0.25) is 4.79 Å². The van der Waals surface area contributed by atoms with Gasteiger partial charge in [0.25, 0.3) is 0 Å². The van der Waals surface area contributed by atoms with Gasteiger partial charge in [-0.15, -0.1) is 11.8 Å². The second kappa shape index (κ2) is 7.64. The highest BCUT2D eigenvalue weighted by Gasteiger charge is 2.14. The molecule has 2 rings (SSSR count). The van der Waals surface area contributed by atoms with E-state index in [0.29, 0.717) is 6.42 Å². The molecular weight excluding hydrogens is 288 g/mol. The molecular formula is C20H24OS. The van der Waals surface area contributed by atoms with Gasteiger partial charge in [0.05, 0.1) is 0 Å². The fraction of sp³-hybridized carbons (Fsp3) is 0.350. The van der Waals surface area contributed by atoms with Gasteiger partial charge in [-0.2, -0.15) is 0 Å². The van der Waals surface area contributed by atoms with Gasteiger partial charge in [-0.25, -0.2) is 0 Å². The summed E-state index contributed by atoms with van der Waals surface area (Å²) in [7, 11) is 0. The van der Waals surface area contributed by atoms with Crippen LogP contribution >= 0.6 is 11.8 Å². The van der Waals surface area contributed by atoms with Crippen molar-refractivity contribution in [3.05, 3.63) is 65.7 Å². The molecule has 0 saturated heterocycles. The topological polar surface area (TPSA) is 17.1 Å². The number of benzene rings is 2. The first-order valence-corrected chi connectivity index (χ1v) is 8.77. The van der Waals surface area contributed by atoms with Crippen molar-refractivity contribution in [2.75, 3.05) is 5.75 Å². The van der Waals surface area contributed by atoms with Crippen LogP contribution in [-0.2, 0) is 5.41 Å². The number of carbonyl (C=O) groups is 1. The zero-order chi connectivity index (χ0) is 16.0. The van der Waals surface area contributed by atoms with E-state index in [-0.39, 0.29) is 11.2 Å². The van der Waals surface area contributed by atoms with Crippen LogP contribution < -0.4 is 0 Å². The lowest BCUT2D eigenvalue weighted by Crippen LogP contribution is -2.11. The lowest BCUT2D eigenvalue weighted by molar-refractivity contribution is 0.0982. The minimum Gasteiger partial charge on any atom is -0.294 e. The summed E-state index contributed by atoms with van der Waals surface area (Å²) in [5.74, 6) is 1.23. The molecule has 0 spiro atoms. The van der Waals surface area contributed by atoms with Crippen LogP contribution in [0, 0.1) is 0 Å². The highest BCUT2D eigenvalue weighted by Crippen LogP contribution is 2.23. The molecule has 0 N–H and O–H groups in total. The first-order chi connectivity index (χ1) is 10.5. The largest absolute Gasteiger partial charge is 0.294 e. The molecule has 0 saturated carbocycles. The summed E-state index contributed by atoms with van der Waals surface area (Å²) < 4.78 is 0.